The quantitative estimate of drug-likeness (QED) is 0.365. The minimum atomic E-state index is 0.474. The van der Waals surface area contributed by atoms with Gasteiger partial charge in [0.1, 0.15) is 5.82 Å². The molecule has 0 saturated heterocycles. The first-order valence-corrected chi connectivity index (χ1v) is 12.7. The van der Waals surface area contributed by atoms with Crippen molar-refractivity contribution in [3.8, 4) is 11.5 Å². The van der Waals surface area contributed by atoms with E-state index in [4.69, 9.17) is 14.5 Å². The number of benzene rings is 2. The fourth-order valence-electron chi connectivity index (χ4n) is 4.82. The van der Waals surface area contributed by atoms with Gasteiger partial charge in [-0.15, -0.1) is 0 Å². The van der Waals surface area contributed by atoms with Crippen LogP contribution in [0, 0.1) is 5.92 Å². The van der Waals surface area contributed by atoms with Gasteiger partial charge in [0.05, 0.1) is 24.2 Å². The molecular formula is C27H35BrN4O2. The zero-order valence-corrected chi connectivity index (χ0v) is 22.1. The predicted molar refractivity (Wildman–Crippen MR) is 144 cm³/mol. The number of rotatable bonds is 9. The lowest BCUT2D eigenvalue weighted by molar-refractivity contribution is 0.323. The zero-order chi connectivity index (χ0) is 24.1. The second kappa shape index (κ2) is 11.3. The fourth-order valence-corrected chi connectivity index (χ4v) is 5.47. The molecule has 0 unspecified atom stereocenters. The van der Waals surface area contributed by atoms with E-state index in [1.807, 2.05) is 6.07 Å². The van der Waals surface area contributed by atoms with Crippen LogP contribution >= 0.6 is 15.9 Å². The summed E-state index contributed by atoms with van der Waals surface area (Å²) in [5, 5.41) is 8.54. The third kappa shape index (κ3) is 5.76. The number of ether oxygens (including phenoxy) is 2. The molecule has 0 atom stereocenters. The number of halogens is 1. The van der Waals surface area contributed by atoms with E-state index in [1.165, 1.54) is 42.3 Å². The third-order valence-electron chi connectivity index (χ3n) is 6.63. The zero-order valence-electron chi connectivity index (χ0n) is 20.5. The van der Waals surface area contributed by atoms with Gasteiger partial charge >= 0.3 is 0 Å². The van der Waals surface area contributed by atoms with Crippen molar-refractivity contribution in [2.75, 3.05) is 45.1 Å². The summed E-state index contributed by atoms with van der Waals surface area (Å²) in [4.78, 5) is 7.04. The molecule has 182 valence electrons. The fraction of sp³-hybridized carbons (Fsp3) is 0.444. The maximum absolute atomic E-state index is 5.46. The van der Waals surface area contributed by atoms with Gasteiger partial charge in [0.15, 0.2) is 11.5 Å². The Balaban J connectivity index is 1.29. The first kappa shape index (κ1) is 24.6. The Hall–Kier alpha value is -2.51. The number of methoxy groups -OCH3 is 2. The van der Waals surface area contributed by atoms with Crippen LogP contribution in [0.2, 0.25) is 0 Å². The molecule has 3 aromatic rings. The summed E-state index contributed by atoms with van der Waals surface area (Å²) in [7, 11) is 7.50. The van der Waals surface area contributed by atoms with Crippen LogP contribution in [-0.2, 0) is 6.54 Å². The third-order valence-corrected chi connectivity index (χ3v) is 7.22. The molecule has 1 aromatic heterocycles. The van der Waals surface area contributed by atoms with Crippen molar-refractivity contribution in [3.63, 3.8) is 0 Å². The van der Waals surface area contributed by atoms with Gasteiger partial charge in [-0.2, -0.15) is 0 Å². The normalized spacial score (nSPS) is 18.0. The largest absolute Gasteiger partial charge is 0.493 e. The van der Waals surface area contributed by atoms with Crippen molar-refractivity contribution >= 4 is 38.3 Å². The number of fused-ring (bicyclic) bond motifs is 1. The molecule has 4 rings (SSSR count). The summed E-state index contributed by atoms with van der Waals surface area (Å²) in [6, 6.07) is 15.1. The van der Waals surface area contributed by atoms with E-state index in [2.05, 4.69) is 82.0 Å². The van der Waals surface area contributed by atoms with Gasteiger partial charge in [-0.1, -0.05) is 18.2 Å². The Morgan fingerprint density at radius 2 is 1.79 bits per heavy atom. The van der Waals surface area contributed by atoms with Gasteiger partial charge in [0.2, 0.25) is 0 Å². The molecule has 2 N–H and O–H groups in total. The number of hydrogen-bond acceptors (Lipinski definition) is 6. The summed E-state index contributed by atoms with van der Waals surface area (Å²) in [6.45, 7) is 1.84. The van der Waals surface area contributed by atoms with Crippen LogP contribution in [0.3, 0.4) is 0 Å². The van der Waals surface area contributed by atoms with Crippen molar-refractivity contribution in [2.45, 2.75) is 38.3 Å². The Morgan fingerprint density at radius 3 is 2.50 bits per heavy atom. The maximum Gasteiger partial charge on any atom is 0.174 e. The number of aromatic nitrogens is 1. The predicted octanol–water partition coefficient (Wildman–Crippen LogP) is 5.84. The number of hydrogen-bond donors (Lipinski definition) is 2. The average molecular weight is 528 g/mol. The number of anilines is 2. The van der Waals surface area contributed by atoms with Gasteiger partial charge in [0, 0.05) is 43.8 Å². The minimum Gasteiger partial charge on any atom is -0.493 e. The number of nitrogens with one attached hydrogen (secondary N) is 2. The monoisotopic (exact) mass is 526 g/mol. The molecule has 7 heteroatoms. The van der Waals surface area contributed by atoms with E-state index in [-0.39, 0.29) is 0 Å². The molecule has 1 fully saturated rings. The van der Waals surface area contributed by atoms with E-state index >= 15 is 0 Å². The van der Waals surface area contributed by atoms with Gasteiger partial charge in [-0.25, -0.2) is 4.98 Å². The first-order chi connectivity index (χ1) is 16.5. The molecule has 0 radical (unpaired) electrons. The van der Waals surface area contributed by atoms with Gasteiger partial charge in [0.25, 0.3) is 0 Å². The molecule has 6 nitrogen and oxygen atoms in total. The molecule has 0 bridgehead atoms. The lowest BCUT2D eigenvalue weighted by Crippen LogP contribution is -2.31. The standard InChI is InChI=1S/C27H35BrN4O2/c1-32(2)24-15-26(31-23-8-6-5-7-21(23)24)30-20-11-9-18(10-12-20)16-29-17-19-13-22(28)27(34-4)25(14-19)33-3/h5-8,13-15,18,20,29H,9-12,16-17H2,1-4H3,(H,30,31). The van der Waals surface area contributed by atoms with Crippen LogP contribution < -0.4 is 25.0 Å². The van der Waals surface area contributed by atoms with E-state index in [9.17, 15) is 0 Å². The summed E-state index contributed by atoms with van der Waals surface area (Å²) >= 11 is 3.58. The Bertz CT molecular complexity index is 1110. The first-order valence-electron chi connectivity index (χ1n) is 11.9. The summed E-state index contributed by atoms with van der Waals surface area (Å²) in [5.74, 6) is 3.15. The highest BCUT2D eigenvalue weighted by Gasteiger charge is 2.22. The molecule has 0 aliphatic heterocycles. The van der Waals surface area contributed by atoms with Gasteiger partial charge in [-0.3, -0.25) is 0 Å². The van der Waals surface area contributed by atoms with Crippen molar-refractivity contribution < 1.29 is 9.47 Å². The summed E-state index contributed by atoms with van der Waals surface area (Å²) in [6.07, 6.45) is 4.77. The smallest absolute Gasteiger partial charge is 0.174 e. The Morgan fingerprint density at radius 1 is 1.03 bits per heavy atom. The van der Waals surface area contributed by atoms with E-state index in [0.717, 1.165) is 40.4 Å². The van der Waals surface area contributed by atoms with Crippen molar-refractivity contribution in [3.05, 3.63) is 52.5 Å². The lowest BCUT2D eigenvalue weighted by Gasteiger charge is -2.30. The van der Waals surface area contributed by atoms with Crippen LogP contribution in [0.4, 0.5) is 11.5 Å². The van der Waals surface area contributed by atoms with Crippen LogP contribution in [0.5, 0.6) is 11.5 Å². The number of para-hydroxylation sites is 1. The molecule has 1 aliphatic carbocycles. The molecule has 34 heavy (non-hydrogen) atoms. The van der Waals surface area contributed by atoms with E-state index < -0.39 is 0 Å². The van der Waals surface area contributed by atoms with Crippen LogP contribution in [0.25, 0.3) is 10.9 Å². The van der Waals surface area contributed by atoms with E-state index in [1.54, 1.807) is 14.2 Å². The molecule has 1 aliphatic rings. The van der Waals surface area contributed by atoms with Gasteiger partial charge < -0.3 is 25.0 Å². The van der Waals surface area contributed by atoms with Crippen molar-refractivity contribution in [1.29, 1.82) is 0 Å². The molecule has 2 aromatic carbocycles. The number of pyridine rings is 1. The van der Waals surface area contributed by atoms with Crippen LogP contribution in [0.1, 0.15) is 31.2 Å². The molecular weight excluding hydrogens is 492 g/mol. The molecule has 1 saturated carbocycles. The van der Waals surface area contributed by atoms with Crippen LogP contribution in [-0.4, -0.2) is 45.9 Å². The Labute approximate surface area is 211 Å². The summed E-state index contributed by atoms with van der Waals surface area (Å²) < 4.78 is 11.8. The molecule has 0 spiro atoms. The van der Waals surface area contributed by atoms with Crippen molar-refractivity contribution in [1.82, 2.24) is 10.3 Å². The van der Waals surface area contributed by atoms with Crippen molar-refractivity contribution in [2.24, 2.45) is 5.92 Å². The average Bonchev–Trinajstić information content (AvgIpc) is 2.84. The van der Waals surface area contributed by atoms with Crippen LogP contribution in [0.15, 0.2) is 46.9 Å². The number of nitrogens with zero attached hydrogens (tertiary/aromatic N) is 2. The van der Waals surface area contributed by atoms with Gasteiger partial charge in [-0.05, 0) is 77.8 Å². The highest BCUT2D eigenvalue weighted by atomic mass is 79.9. The second-order valence-electron chi connectivity index (χ2n) is 9.24. The maximum atomic E-state index is 5.46. The summed E-state index contributed by atoms with van der Waals surface area (Å²) in [5.41, 5.74) is 3.42. The lowest BCUT2D eigenvalue weighted by atomic mass is 9.86. The topological polar surface area (TPSA) is 58.7 Å². The Kier molecular flexibility index (Phi) is 8.16. The highest BCUT2D eigenvalue weighted by molar-refractivity contribution is 9.10. The van der Waals surface area contributed by atoms with E-state index in [0.29, 0.717) is 12.0 Å². The second-order valence-corrected chi connectivity index (χ2v) is 10.1. The SMILES string of the molecule is COc1cc(CNCC2CCC(Nc3cc(N(C)C)c4ccccc4n3)CC2)cc(Br)c1OC. The molecule has 1 heterocycles. The minimum absolute atomic E-state index is 0.474. The highest BCUT2D eigenvalue weighted by Crippen LogP contribution is 2.36. The molecule has 0 amide bonds.